The molecule has 0 saturated carbocycles. The predicted molar refractivity (Wildman–Crippen MR) is 68.4 cm³/mol. The Morgan fingerprint density at radius 3 is 3.06 bits per heavy atom. The van der Waals surface area contributed by atoms with E-state index >= 15 is 0 Å². The normalized spacial score (nSPS) is 19.7. The van der Waals surface area contributed by atoms with Crippen molar-refractivity contribution in [1.29, 1.82) is 0 Å². The number of aliphatic hydroxyl groups is 1. The maximum absolute atomic E-state index is 9.07. The minimum absolute atomic E-state index is 0.240. The quantitative estimate of drug-likeness (QED) is 0.822. The summed E-state index contributed by atoms with van der Waals surface area (Å²) in [5.41, 5.74) is 0. The summed E-state index contributed by atoms with van der Waals surface area (Å²) in [6, 6.07) is 2.39. The number of anilines is 2. The average Bonchev–Trinajstić information content (AvgIpc) is 2.77. The van der Waals surface area contributed by atoms with Crippen molar-refractivity contribution in [2.75, 3.05) is 30.4 Å². The molecule has 1 atom stereocenters. The molecule has 1 aromatic rings. The van der Waals surface area contributed by atoms with Gasteiger partial charge in [-0.25, -0.2) is 9.97 Å². The standard InChI is InChI=1S/C12H20N4O/c1-9-14-11(13-2)8-12(15-9)16-6-3-4-10(16)5-7-17/h8,10,17H,3-7H2,1-2H3,(H,13,14,15). The van der Waals surface area contributed by atoms with Gasteiger partial charge in [-0.2, -0.15) is 0 Å². The molecule has 2 heterocycles. The topological polar surface area (TPSA) is 61.3 Å². The third-order valence-electron chi connectivity index (χ3n) is 3.21. The van der Waals surface area contributed by atoms with Crippen LogP contribution in [0.1, 0.15) is 25.1 Å². The Balaban J connectivity index is 2.23. The summed E-state index contributed by atoms with van der Waals surface area (Å²) in [6.07, 6.45) is 3.12. The van der Waals surface area contributed by atoms with Crippen LogP contribution >= 0.6 is 0 Å². The first-order chi connectivity index (χ1) is 8.24. The number of nitrogens with one attached hydrogen (secondary N) is 1. The Kier molecular flexibility index (Phi) is 3.78. The molecular formula is C12H20N4O. The van der Waals surface area contributed by atoms with Crippen molar-refractivity contribution in [3.05, 3.63) is 11.9 Å². The summed E-state index contributed by atoms with van der Waals surface area (Å²) in [6.45, 7) is 3.16. The fourth-order valence-corrected chi connectivity index (χ4v) is 2.41. The Labute approximate surface area is 102 Å². The molecule has 0 amide bonds. The van der Waals surface area contributed by atoms with Crippen LogP contribution in [0.15, 0.2) is 6.07 Å². The zero-order chi connectivity index (χ0) is 12.3. The van der Waals surface area contributed by atoms with Crippen LogP contribution in [0.4, 0.5) is 11.6 Å². The van der Waals surface area contributed by atoms with E-state index in [1.807, 2.05) is 20.0 Å². The van der Waals surface area contributed by atoms with Crippen LogP contribution in [-0.4, -0.2) is 41.3 Å². The molecule has 94 valence electrons. The highest BCUT2D eigenvalue weighted by atomic mass is 16.3. The molecule has 0 aromatic carbocycles. The molecule has 0 spiro atoms. The molecule has 1 aromatic heterocycles. The number of aliphatic hydroxyl groups excluding tert-OH is 1. The van der Waals surface area contributed by atoms with Crippen molar-refractivity contribution >= 4 is 11.6 Å². The van der Waals surface area contributed by atoms with Crippen molar-refractivity contribution < 1.29 is 5.11 Å². The van der Waals surface area contributed by atoms with Gasteiger partial charge in [-0.1, -0.05) is 0 Å². The Bertz CT molecular complexity index is 383. The Morgan fingerprint density at radius 1 is 1.53 bits per heavy atom. The molecular weight excluding hydrogens is 216 g/mol. The third kappa shape index (κ3) is 2.66. The van der Waals surface area contributed by atoms with Crippen LogP contribution in [0.5, 0.6) is 0 Å². The predicted octanol–water partition coefficient (Wildman–Crippen LogP) is 1.18. The Hall–Kier alpha value is -1.36. The summed E-state index contributed by atoms with van der Waals surface area (Å²) in [5.74, 6) is 2.60. The summed E-state index contributed by atoms with van der Waals surface area (Å²) >= 11 is 0. The molecule has 0 bridgehead atoms. The van der Waals surface area contributed by atoms with Crippen molar-refractivity contribution in [3.8, 4) is 0 Å². The monoisotopic (exact) mass is 236 g/mol. The lowest BCUT2D eigenvalue weighted by Crippen LogP contribution is -2.31. The van der Waals surface area contributed by atoms with E-state index in [4.69, 9.17) is 5.11 Å². The zero-order valence-electron chi connectivity index (χ0n) is 10.5. The van der Waals surface area contributed by atoms with Gasteiger partial charge in [0, 0.05) is 32.3 Å². The number of rotatable bonds is 4. The smallest absolute Gasteiger partial charge is 0.134 e. The number of hydrogen-bond donors (Lipinski definition) is 2. The number of nitrogens with zero attached hydrogens (tertiary/aromatic N) is 3. The van der Waals surface area contributed by atoms with E-state index in [9.17, 15) is 0 Å². The molecule has 0 aliphatic carbocycles. The molecule has 5 nitrogen and oxygen atoms in total. The molecule has 1 aliphatic heterocycles. The summed E-state index contributed by atoms with van der Waals surface area (Å²) < 4.78 is 0. The van der Waals surface area contributed by atoms with Gasteiger partial charge in [0.1, 0.15) is 17.5 Å². The second kappa shape index (κ2) is 5.31. The summed E-state index contributed by atoms with van der Waals surface area (Å²) in [7, 11) is 1.86. The summed E-state index contributed by atoms with van der Waals surface area (Å²) in [4.78, 5) is 11.1. The van der Waals surface area contributed by atoms with Crippen molar-refractivity contribution in [3.63, 3.8) is 0 Å². The lowest BCUT2D eigenvalue weighted by atomic mass is 10.1. The average molecular weight is 236 g/mol. The van der Waals surface area contributed by atoms with E-state index in [1.165, 1.54) is 6.42 Å². The van der Waals surface area contributed by atoms with E-state index in [0.29, 0.717) is 6.04 Å². The molecule has 1 unspecified atom stereocenters. The molecule has 2 N–H and O–H groups in total. The molecule has 2 rings (SSSR count). The van der Waals surface area contributed by atoms with E-state index in [0.717, 1.165) is 36.8 Å². The third-order valence-corrected chi connectivity index (χ3v) is 3.21. The van der Waals surface area contributed by atoms with E-state index in [-0.39, 0.29) is 6.61 Å². The van der Waals surface area contributed by atoms with E-state index in [1.54, 1.807) is 0 Å². The number of aromatic nitrogens is 2. The fraction of sp³-hybridized carbons (Fsp3) is 0.667. The van der Waals surface area contributed by atoms with Crippen LogP contribution in [0.25, 0.3) is 0 Å². The zero-order valence-corrected chi connectivity index (χ0v) is 10.5. The van der Waals surface area contributed by atoms with Gasteiger partial charge in [0.15, 0.2) is 0 Å². The minimum atomic E-state index is 0.240. The van der Waals surface area contributed by atoms with Crippen LogP contribution < -0.4 is 10.2 Å². The van der Waals surface area contributed by atoms with Crippen molar-refractivity contribution in [2.24, 2.45) is 0 Å². The first-order valence-corrected chi connectivity index (χ1v) is 6.15. The fourth-order valence-electron chi connectivity index (χ4n) is 2.41. The molecule has 1 aliphatic rings. The minimum Gasteiger partial charge on any atom is -0.396 e. The first kappa shape index (κ1) is 12.1. The lowest BCUT2D eigenvalue weighted by Gasteiger charge is -2.25. The maximum atomic E-state index is 9.07. The van der Waals surface area contributed by atoms with Gasteiger partial charge in [-0.3, -0.25) is 0 Å². The number of aryl methyl sites for hydroxylation is 1. The Morgan fingerprint density at radius 2 is 2.35 bits per heavy atom. The van der Waals surface area contributed by atoms with Crippen LogP contribution in [-0.2, 0) is 0 Å². The van der Waals surface area contributed by atoms with Gasteiger partial charge >= 0.3 is 0 Å². The van der Waals surface area contributed by atoms with Gasteiger partial charge in [-0.15, -0.1) is 0 Å². The van der Waals surface area contributed by atoms with Crippen molar-refractivity contribution in [1.82, 2.24) is 9.97 Å². The summed E-state index contributed by atoms with van der Waals surface area (Å²) in [5, 5.41) is 12.1. The first-order valence-electron chi connectivity index (χ1n) is 6.15. The SMILES string of the molecule is CNc1cc(N2CCCC2CCO)nc(C)n1. The second-order valence-corrected chi connectivity index (χ2v) is 4.41. The van der Waals surface area contributed by atoms with Gasteiger partial charge < -0.3 is 15.3 Å². The highest BCUT2D eigenvalue weighted by molar-refractivity contribution is 5.50. The highest BCUT2D eigenvalue weighted by Crippen LogP contribution is 2.26. The maximum Gasteiger partial charge on any atom is 0.134 e. The van der Waals surface area contributed by atoms with E-state index < -0.39 is 0 Å². The molecule has 1 saturated heterocycles. The van der Waals surface area contributed by atoms with Crippen molar-refractivity contribution in [2.45, 2.75) is 32.2 Å². The molecule has 17 heavy (non-hydrogen) atoms. The van der Waals surface area contributed by atoms with Gasteiger partial charge in [0.05, 0.1) is 0 Å². The highest BCUT2D eigenvalue weighted by Gasteiger charge is 2.25. The van der Waals surface area contributed by atoms with Crippen LogP contribution in [0.3, 0.4) is 0 Å². The van der Waals surface area contributed by atoms with Crippen LogP contribution in [0.2, 0.25) is 0 Å². The molecule has 0 radical (unpaired) electrons. The van der Waals surface area contributed by atoms with E-state index in [2.05, 4.69) is 20.2 Å². The molecule has 5 heteroatoms. The lowest BCUT2D eigenvalue weighted by molar-refractivity contribution is 0.275. The van der Waals surface area contributed by atoms with Gasteiger partial charge in [0.25, 0.3) is 0 Å². The largest absolute Gasteiger partial charge is 0.396 e. The van der Waals surface area contributed by atoms with Gasteiger partial charge in [0.2, 0.25) is 0 Å². The second-order valence-electron chi connectivity index (χ2n) is 4.41. The van der Waals surface area contributed by atoms with Crippen LogP contribution in [0, 0.1) is 6.92 Å². The molecule has 1 fully saturated rings. The number of hydrogen-bond acceptors (Lipinski definition) is 5. The van der Waals surface area contributed by atoms with Gasteiger partial charge in [-0.05, 0) is 26.2 Å².